The molecule has 0 radical (unpaired) electrons. The molecule has 0 saturated carbocycles. The van der Waals surface area contributed by atoms with Gasteiger partial charge < -0.3 is 10.2 Å². The number of benzene rings is 2. The van der Waals surface area contributed by atoms with E-state index in [9.17, 15) is 9.59 Å². The van der Waals surface area contributed by atoms with E-state index in [-0.39, 0.29) is 23.8 Å². The average molecular weight is 336 g/mol. The molecule has 0 spiro atoms. The Kier molecular flexibility index (Phi) is 4.43. The van der Waals surface area contributed by atoms with Crippen LogP contribution in [-0.4, -0.2) is 35.8 Å². The lowest BCUT2D eigenvalue weighted by atomic mass is 9.95. The van der Waals surface area contributed by atoms with Crippen molar-refractivity contribution in [3.05, 3.63) is 48.0 Å². The summed E-state index contributed by atoms with van der Waals surface area (Å²) in [6, 6.07) is 15.2. The van der Waals surface area contributed by atoms with E-state index in [4.69, 9.17) is 0 Å². The van der Waals surface area contributed by atoms with Gasteiger partial charge in [0.05, 0.1) is 5.92 Å². The molecule has 2 amide bonds. The summed E-state index contributed by atoms with van der Waals surface area (Å²) in [5, 5.41) is 5.38. The second kappa shape index (κ2) is 6.87. The fourth-order valence-electron chi connectivity index (χ4n) is 4.24. The molecule has 2 saturated heterocycles. The van der Waals surface area contributed by atoms with Crippen LogP contribution in [0.25, 0.3) is 10.8 Å². The Balaban J connectivity index is 1.51. The third-order valence-electron chi connectivity index (χ3n) is 5.61. The Morgan fingerprint density at radius 2 is 1.96 bits per heavy atom. The highest BCUT2D eigenvalue weighted by atomic mass is 16.2. The summed E-state index contributed by atoms with van der Waals surface area (Å²) in [6.07, 6.45) is 4.20. The average Bonchev–Trinajstić information content (AvgIpc) is 3.10. The predicted octanol–water partition coefficient (Wildman–Crippen LogP) is 2.90. The first-order valence-electron chi connectivity index (χ1n) is 9.26. The van der Waals surface area contributed by atoms with Crippen LogP contribution in [0.4, 0.5) is 0 Å². The minimum absolute atomic E-state index is 0.0502. The third kappa shape index (κ3) is 3.26. The smallest absolute Gasteiger partial charge is 0.227 e. The number of fused-ring (bicyclic) bond motifs is 1. The molecule has 130 valence electrons. The molecular weight excluding hydrogens is 312 g/mol. The molecule has 4 heteroatoms. The number of nitrogens with zero attached hydrogens (tertiary/aromatic N) is 1. The van der Waals surface area contributed by atoms with E-state index in [0.29, 0.717) is 19.4 Å². The lowest BCUT2D eigenvalue weighted by Gasteiger charge is -2.31. The molecule has 2 aliphatic heterocycles. The molecule has 4 rings (SSSR count). The molecule has 2 aromatic carbocycles. The monoisotopic (exact) mass is 336 g/mol. The van der Waals surface area contributed by atoms with Crippen LogP contribution in [0.3, 0.4) is 0 Å². The number of likely N-dealkylation sites (tertiary alicyclic amines) is 1. The maximum atomic E-state index is 12.9. The molecule has 2 fully saturated rings. The molecule has 0 aromatic heterocycles. The van der Waals surface area contributed by atoms with E-state index in [2.05, 4.69) is 52.7 Å². The van der Waals surface area contributed by atoms with E-state index in [1.807, 2.05) is 0 Å². The number of piperidine rings is 1. The first-order valence-corrected chi connectivity index (χ1v) is 9.26. The van der Waals surface area contributed by atoms with Crippen molar-refractivity contribution in [2.45, 2.75) is 38.1 Å². The number of amides is 2. The van der Waals surface area contributed by atoms with Crippen LogP contribution in [0.1, 0.15) is 31.2 Å². The quantitative estimate of drug-likeness (QED) is 0.937. The summed E-state index contributed by atoms with van der Waals surface area (Å²) < 4.78 is 0. The zero-order valence-corrected chi connectivity index (χ0v) is 14.4. The number of carbonyl (C=O) groups is 2. The molecule has 25 heavy (non-hydrogen) atoms. The molecule has 2 aliphatic rings. The fraction of sp³-hybridized carbons (Fsp3) is 0.429. The predicted molar refractivity (Wildman–Crippen MR) is 98.1 cm³/mol. The molecule has 4 nitrogen and oxygen atoms in total. The van der Waals surface area contributed by atoms with Gasteiger partial charge in [-0.3, -0.25) is 9.59 Å². The van der Waals surface area contributed by atoms with Crippen molar-refractivity contribution in [1.82, 2.24) is 10.2 Å². The zero-order valence-electron chi connectivity index (χ0n) is 14.4. The standard InChI is InChI=1S/C21H24N2O2/c24-20-11-10-17(14-22-20)21(25)23-12-4-8-18(23)13-16-7-3-6-15-5-1-2-9-19(15)16/h1-3,5-7,9,17-18H,4,8,10-14H2,(H,22,24)/t17-,18-/m1/s1. The third-order valence-corrected chi connectivity index (χ3v) is 5.61. The zero-order chi connectivity index (χ0) is 17.2. The molecule has 0 unspecified atom stereocenters. The second-order valence-electron chi connectivity index (χ2n) is 7.21. The van der Waals surface area contributed by atoms with Gasteiger partial charge in [-0.2, -0.15) is 0 Å². The minimum atomic E-state index is -0.0502. The van der Waals surface area contributed by atoms with E-state index < -0.39 is 0 Å². The van der Waals surface area contributed by atoms with E-state index >= 15 is 0 Å². The molecule has 2 atom stereocenters. The van der Waals surface area contributed by atoms with Gasteiger partial charge in [-0.15, -0.1) is 0 Å². The Bertz CT molecular complexity index is 786. The maximum absolute atomic E-state index is 12.9. The van der Waals surface area contributed by atoms with Crippen molar-refractivity contribution in [2.24, 2.45) is 5.92 Å². The maximum Gasteiger partial charge on any atom is 0.227 e. The highest BCUT2D eigenvalue weighted by molar-refractivity contribution is 5.86. The van der Waals surface area contributed by atoms with Crippen molar-refractivity contribution in [1.29, 1.82) is 0 Å². The van der Waals surface area contributed by atoms with Gasteiger partial charge in [0.1, 0.15) is 0 Å². The summed E-state index contributed by atoms with van der Waals surface area (Å²) in [5.74, 6) is 0.242. The molecule has 0 bridgehead atoms. The van der Waals surface area contributed by atoms with Gasteiger partial charge in [-0.25, -0.2) is 0 Å². The molecule has 1 N–H and O–H groups in total. The Labute approximate surface area is 148 Å². The van der Waals surface area contributed by atoms with Crippen molar-refractivity contribution in [3.8, 4) is 0 Å². The number of hydrogen-bond donors (Lipinski definition) is 1. The topological polar surface area (TPSA) is 49.4 Å². The summed E-state index contributed by atoms with van der Waals surface area (Å²) in [6.45, 7) is 1.34. The minimum Gasteiger partial charge on any atom is -0.355 e. The summed E-state index contributed by atoms with van der Waals surface area (Å²) in [7, 11) is 0. The lowest BCUT2D eigenvalue weighted by Crippen LogP contribution is -2.46. The number of hydrogen-bond acceptors (Lipinski definition) is 2. The molecule has 2 aromatic rings. The highest BCUT2D eigenvalue weighted by Gasteiger charge is 2.34. The molecule has 2 heterocycles. The first kappa shape index (κ1) is 16.1. The summed E-state index contributed by atoms with van der Waals surface area (Å²) in [5.41, 5.74) is 1.32. The van der Waals surface area contributed by atoms with Crippen LogP contribution < -0.4 is 5.32 Å². The number of nitrogens with one attached hydrogen (secondary N) is 1. The van der Waals surface area contributed by atoms with Crippen LogP contribution in [0.2, 0.25) is 0 Å². The van der Waals surface area contributed by atoms with Gasteiger partial charge in [-0.1, -0.05) is 42.5 Å². The van der Waals surface area contributed by atoms with Gasteiger partial charge in [0.25, 0.3) is 0 Å². The first-order chi connectivity index (χ1) is 12.2. The summed E-state index contributed by atoms with van der Waals surface area (Å²) in [4.78, 5) is 26.4. The van der Waals surface area contributed by atoms with Crippen LogP contribution >= 0.6 is 0 Å². The fourth-order valence-corrected chi connectivity index (χ4v) is 4.24. The van der Waals surface area contributed by atoms with E-state index in [1.54, 1.807) is 0 Å². The Morgan fingerprint density at radius 1 is 1.12 bits per heavy atom. The largest absolute Gasteiger partial charge is 0.355 e. The van der Waals surface area contributed by atoms with Crippen molar-refractivity contribution >= 4 is 22.6 Å². The highest BCUT2D eigenvalue weighted by Crippen LogP contribution is 2.28. The normalized spacial score (nSPS) is 23.7. The lowest BCUT2D eigenvalue weighted by molar-refractivity contribution is -0.138. The van der Waals surface area contributed by atoms with Crippen molar-refractivity contribution in [2.75, 3.05) is 13.1 Å². The summed E-state index contributed by atoms with van der Waals surface area (Å²) >= 11 is 0. The van der Waals surface area contributed by atoms with Crippen molar-refractivity contribution in [3.63, 3.8) is 0 Å². The van der Waals surface area contributed by atoms with Crippen LogP contribution in [0, 0.1) is 5.92 Å². The van der Waals surface area contributed by atoms with E-state index in [1.165, 1.54) is 16.3 Å². The van der Waals surface area contributed by atoms with Gasteiger partial charge in [-0.05, 0) is 42.0 Å². The number of carbonyl (C=O) groups excluding carboxylic acids is 2. The SMILES string of the molecule is O=C1CC[C@@H](C(=O)N2CCC[C@@H]2Cc2cccc3ccccc23)CN1. The van der Waals surface area contributed by atoms with Gasteiger partial charge in [0.15, 0.2) is 0 Å². The van der Waals surface area contributed by atoms with Crippen LogP contribution in [-0.2, 0) is 16.0 Å². The van der Waals surface area contributed by atoms with Crippen LogP contribution in [0.5, 0.6) is 0 Å². The van der Waals surface area contributed by atoms with Gasteiger partial charge >= 0.3 is 0 Å². The van der Waals surface area contributed by atoms with Crippen molar-refractivity contribution < 1.29 is 9.59 Å². The number of rotatable bonds is 3. The molecule has 0 aliphatic carbocycles. The van der Waals surface area contributed by atoms with Gasteiger partial charge in [0, 0.05) is 25.6 Å². The Morgan fingerprint density at radius 3 is 2.80 bits per heavy atom. The van der Waals surface area contributed by atoms with Gasteiger partial charge in [0.2, 0.25) is 11.8 Å². The molecular formula is C21H24N2O2. The van der Waals surface area contributed by atoms with E-state index in [0.717, 1.165) is 25.8 Å². The second-order valence-corrected chi connectivity index (χ2v) is 7.21. The van der Waals surface area contributed by atoms with Crippen LogP contribution in [0.15, 0.2) is 42.5 Å². The Hall–Kier alpha value is -2.36.